The highest BCUT2D eigenvalue weighted by Crippen LogP contribution is 2.37. The van der Waals surface area contributed by atoms with Crippen LogP contribution >= 0.6 is 15.9 Å². The molecule has 0 bridgehead atoms. The Morgan fingerprint density at radius 3 is 2.52 bits per heavy atom. The first-order chi connectivity index (χ1) is 12.6. The summed E-state index contributed by atoms with van der Waals surface area (Å²) in [6.07, 6.45) is 0.998. The van der Waals surface area contributed by atoms with Crippen LogP contribution in [-0.2, 0) is 17.5 Å². The lowest BCUT2D eigenvalue weighted by molar-refractivity contribution is 0.271. The number of hydrogen-bond donors (Lipinski definition) is 1. The summed E-state index contributed by atoms with van der Waals surface area (Å²) in [5.74, 6) is 0. The second kappa shape index (κ2) is 9.46. The predicted molar refractivity (Wildman–Crippen MR) is 120 cm³/mol. The van der Waals surface area contributed by atoms with Gasteiger partial charge in [0.25, 0.3) is 0 Å². The van der Waals surface area contributed by atoms with Crippen LogP contribution in [-0.4, -0.2) is 19.8 Å². The lowest BCUT2D eigenvalue weighted by Gasteiger charge is -2.36. The summed E-state index contributed by atoms with van der Waals surface area (Å²) in [7, 11) is -1.75. The molecule has 0 aliphatic carbocycles. The van der Waals surface area contributed by atoms with Crippen molar-refractivity contribution in [1.82, 2.24) is 10.3 Å². The first-order valence-electron chi connectivity index (χ1n) is 9.66. The standard InChI is InChI=1S/C22H33BrN2OSi/c1-17(24-14-13-18-9-7-10-19(23)15-18)21-12-8-11-20(25-21)16-26-27(5,6)22(2,3)4/h7-12,15,17,24H,13-14,16H2,1-6H3/t17-/m0/s1. The topological polar surface area (TPSA) is 34.1 Å². The molecule has 1 aromatic heterocycles. The van der Waals surface area contributed by atoms with E-state index in [0.717, 1.165) is 28.8 Å². The van der Waals surface area contributed by atoms with Crippen molar-refractivity contribution in [1.29, 1.82) is 0 Å². The van der Waals surface area contributed by atoms with Gasteiger partial charge in [0.2, 0.25) is 0 Å². The van der Waals surface area contributed by atoms with Crippen LogP contribution in [0.1, 0.15) is 50.7 Å². The highest BCUT2D eigenvalue weighted by atomic mass is 79.9. The number of nitrogens with one attached hydrogen (secondary N) is 1. The average molecular weight is 450 g/mol. The molecule has 5 heteroatoms. The molecule has 3 nitrogen and oxygen atoms in total. The smallest absolute Gasteiger partial charge is 0.192 e. The number of nitrogens with zero attached hydrogens (tertiary/aromatic N) is 1. The molecule has 1 atom stereocenters. The van der Waals surface area contributed by atoms with Crippen molar-refractivity contribution in [2.75, 3.05) is 6.54 Å². The van der Waals surface area contributed by atoms with E-state index in [1.165, 1.54) is 5.56 Å². The minimum absolute atomic E-state index is 0.213. The molecule has 0 saturated carbocycles. The van der Waals surface area contributed by atoms with Gasteiger partial charge in [0.15, 0.2) is 8.32 Å². The summed E-state index contributed by atoms with van der Waals surface area (Å²) in [5.41, 5.74) is 3.41. The number of halogens is 1. The van der Waals surface area contributed by atoms with Gasteiger partial charge in [-0.05, 0) is 67.9 Å². The van der Waals surface area contributed by atoms with Crippen LogP contribution in [0, 0.1) is 0 Å². The molecule has 1 N–H and O–H groups in total. The SMILES string of the molecule is C[C@H](NCCc1cccc(Br)c1)c1cccc(CO[Si](C)(C)C(C)(C)C)n1. The van der Waals surface area contributed by atoms with Gasteiger partial charge in [0.05, 0.1) is 18.0 Å². The zero-order valence-electron chi connectivity index (χ0n) is 17.5. The van der Waals surface area contributed by atoms with Crippen LogP contribution < -0.4 is 5.32 Å². The molecular formula is C22H33BrN2OSi. The summed E-state index contributed by atoms with van der Waals surface area (Å²) in [6, 6.07) is 14.9. The largest absolute Gasteiger partial charge is 0.411 e. The fourth-order valence-corrected chi connectivity index (χ4v) is 3.91. The Bertz CT molecular complexity index is 743. The summed E-state index contributed by atoms with van der Waals surface area (Å²) in [6.45, 7) is 15.0. The highest BCUT2D eigenvalue weighted by molar-refractivity contribution is 9.10. The predicted octanol–water partition coefficient (Wildman–Crippen LogP) is 6.26. The van der Waals surface area contributed by atoms with E-state index in [2.05, 4.69) is 105 Å². The molecule has 0 unspecified atom stereocenters. The molecule has 0 spiro atoms. The zero-order chi connectivity index (χ0) is 20.1. The van der Waals surface area contributed by atoms with Gasteiger partial charge in [-0.2, -0.15) is 0 Å². The van der Waals surface area contributed by atoms with E-state index in [4.69, 9.17) is 9.41 Å². The molecule has 1 heterocycles. The van der Waals surface area contributed by atoms with Crippen molar-refractivity contribution >= 4 is 24.2 Å². The molecule has 0 fully saturated rings. The number of hydrogen-bond acceptors (Lipinski definition) is 3. The fourth-order valence-electron chi connectivity index (χ4n) is 2.52. The van der Waals surface area contributed by atoms with E-state index in [1.807, 2.05) is 0 Å². The summed E-state index contributed by atoms with van der Waals surface area (Å²) >= 11 is 3.53. The van der Waals surface area contributed by atoms with Gasteiger partial charge in [-0.1, -0.05) is 54.9 Å². The molecule has 0 saturated heterocycles. The lowest BCUT2D eigenvalue weighted by atomic mass is 10.1. The van der Waals surface area contributed by atoms with E-state index in [1.54, 1.807) is 0 Å². The normalized spacial score (nSPS) is 13.6. The Balaban J connectivity index is 1.90. The van der Waals surface area contributed by atoms with E-state index in [9.17, 15) is 0 Å². The van der Waals surface area contributed by atoms with Crippen LogP contribution in [0.25, 0.3) is 0 Å². The number of benzene rings is 1. The van der Waals surface area contributed by atoms with Crippen molar-refractivity contribution in [2.45, 2.75) is 64.9 Å². The number of aromatic nitrogens is 1. The molecule has 2 aromatic rings. The van der Waals surface area contributed by atoms with Crippen LogP contribution in [0.4, 0.5) is 0 Å². The molecule has 0 radical (unpaired) electrons. The van der Waals surface area contributed by atoms with Gasteiger partial charge >= 0.3 is 0 Å². The van der Waals surface area contributed by atoms with Crippen LogP contribution in [0.2, 0.25) is 18.1 Å². The Labute approximate surface area is 174 Å². The van der Waals surface area contributed by atoms with Crippen LogP contribution in [0.15, 0.2) is 46.9 Å². The third kappa shape index (κ3) is 6.82. The van der Waals surface area contributed by atoms with E-state index in [0.29, 0.717) is 6.61 Å². The molecule has 0 aliphatic rings. The first kappa shape index (κ1) is 22.3. The maximum Gasteiger partial charge on any atom is 0.192 e. The van der Waals surface area contributed by atoms with E-state index >= 15 is 0 Å². The molecule has 0 aliphatic heterocycles. The van der Waals surface area contributed by atoms with Crippen LogP contribution in [0.3, 0.4) is 0 Å². The quantitative estimate of drug-likeness (QED) is 0.483. The van der Waals surface area contributed by atoms with E-state index in [-0.39, 0.29) is 11.1 Å². The Kier molecular flexibility index (Phi) is 7.80. The van der Waals surface area contributed by atoms with Gasteiger partial charge < -0.3 is 9.74 Å². The van der Waals surface area contributed by atoms with Gasteiger partial charge in [-0.25, -0.2) is 0 Å². The summed E-state index contributed by atoms with van der Waals surface area (Å²) in [5, 5.41) is 3.79. The first-order valence-corrected chi connectivity index (χ1v) is 13.4. The third-order valence-electron chi connectivity index (χ3n) is 5.41. The molecule has 0 amide bonds. The van der Waals surface area contributed by atoms with Crippen LogP contribution in [0.5, 0.6) is 0 Å². The fraction of sp³-hybridized carbons (Fsp3) is 0.500. The van der Waals surface area contributed by atoms with Crippen molar-refractivity contribution in [2.24, 2.45) is 0 Å². The maximum absolute atomic E-state index is 6.32. The average Bonchev–Trinajstić information content (AvgIpc) is 2.59. The Hall–Kier alpha value is -1.01. The van der Waals surface area contributed by atoms with Crippen molar-refractivity contribution < 1.29 is 4.43 Å². The van der Waals surface area contributed by atoms with Gasteiger partial charge in [0.1, 0.15) is 0 Å². The molecular weight excluding hydrogens is 416 g/mol. The Morgan fingerprint density at radius 1 is 1.15 bits per heavy atom. The maximum atomic E-state index is 6.32. The van der Waals surface area contributed by atoms with Gasteiger partial charge in [-0.15, -0.1) is 0 Å². The molecule has 2 rings (SSSR count). The van der Waals surface area contributed by atoms with Crippen molar-refractivity contribution in [3.63, 3.8) is 0 Å². The van der Waals surface area contributed by atoms with Gasteiger partial charge in [0, 0.05) is 10.5 Å². The monoisotopic (exact) mass is 448 g/mol. The van der Waals surface area contributed by atoms with E-state index < -0.39 is 8.32 Å². The highest BCUT2D eigenvalue weighted by Gasteiger charge is 2.37. The lowest BCUT2D eigenvalue weighted by Crippen LogP contribution is -2.40. The summed E-state index contributed by atoms with van der Waals surface area (Å²) < 4.78 is 7.45. The second-order valence-corrected chi connectivity index (χ2v) is 14.4. The molecule has 1 aromatic carbocycles. The Morgan fingerprint density at radius 2 is 1.85 bits per heavy atom. The third-order valence-corrected chi connectivity index (χ3v) is 10.4. The minimum atomic E-state index is -1.75. The number of pyridine rings is 1. The molecule has 148 valence electrons. The second-order valence-electron chi connectivity index (χ2n) is 8.66. The zero-order valence-corrected chi connectivity index (χ0v) is 20.1. The summed E-state index contributed by atoms with van der Waals surface area (Å²) in [4.78, 5) is 4.82. The van der Waals surface area contributed by atoms with Crippen molar-refractivity contribution in [3.8, 4) is 0 Å². The molecule has 27 heavy (non-hydrogen) atoms. The van der Waals surface area contributed by atoms with Gasteiger partial charge in [-0.3, -0.25) is 4.98 Å². The van der Waals surface area contributed by atoms with Crippen molar-refractivity contribution in [3.05, 3.63) is 63.9 Å². The number of rotatable bonds is 8. The minimum Gasteiger partial charge on any atom is -0.411 e.